The molecule has 1 heterocycles. The summed E-state index contributed by atoms with van der Waals surface area (Å²) in [7, 11) is 1.30. The average molecular weight is 314 g/mol. The molecule has 118 valence electrons. The maximum absolute atomic E-state index is 11.9. The summed E-state index contributed by atoms with van der Waals surface area (Å²) in [6, 6.07) is -0.636. The van der Waals surface area contributed by atoms with E-state index in [2.05, 4.69) is 5.32 Å². The first kappa shape index (κ1) is 17.4. The number of aryl methyl sites for hydroxylation is 1. The van der Waals surface area contributed by atoms with Gasteiger partial charge in [-0.3, -0.25) is 9.59 Å². The number of nitrogens with zero attached hydrogens (tertiary/aromatic N) is 1. The average Bonchev–Trinajstić information content (AvgIpc) is 2.73. The monoisotopic (exact) mass is 314 g/mol. The molecule has 1 atom stereocenters. The second-order valence-electron chi connectivity index (χ2n) is 5.32. The lowest BCUT2D eigenvalue weighted by Crippen LogP contribution is -2.42. The summed E-state index contributed by atoms with van der Waals surface area (Å²) < 4.78 is 6.25. The summed E-state index contributed by atoms with van der Waals surface area (Å²) in [6.45, 7) is 6.08. The number of rotatable bonds is 7. The number of nitrogens with one attached hydrogen (secondary N) is 1. The first-order valence-corrected chi connectivity index (χ1v) is 7.75. The topological polar surface area (TPSA) is 77.4 Å². The summed E-state index contributed by atoms with van der Waals surface area (Å²) in [5, 5.41) is 4.44. The van der Waals surface area contributed by atoms with Gasteiger partial charge in [-0.05, 0) is 19.3 Å². The fraction of sp³-hybridized carbons (Fsp3) is 0.643. The van der Waals surface area contributed by atoms with Gasteiger partial charge in [0.1, 0.15) is 6.04 Å². The van der Waals surface area contributed by atoms with Crippen LogP contribution in [-0.4, -0.2) is 29.6 Å². The van der Waals surface area contributed by atoms with E-state index in [-0.39, 0.29) is 23.1 Å². The van der Waals surface area contributed by atoms with Gasteiger partial charge in [-0.1, -0.05) is 25.2 Å². The highest BCUT2D eigenvalue weighted by atomic mass is 32.1. The summed E-state index contributed by atoms with van der Waals surface area (Å²) in [4.78, 5) is 35.0. The Hall–Kier alpha value is -1.63. The summed E-state index contributed by atoms with van der Waals surface area (Å²) >= 11 is 1.12. The zero-order valence-electron chi connectivity index (χ0n) is 12.8. The minimum Gasteiger partial charge on any atom is -0.467 e. The van der Waals surface area contributed by atoms with E-state index in [0.29, 0.717) is 13.0 Å². The van der Waals surface area contributed by atoms with Crippen LogP contribution in [0.25, 0.3) is 0 Å². The second kappa shape index (κ2) is 7.97. The van der Waals surface area contributed by atoms with Crippen molar-refractivity contribution in [1.82, 2.24) is 9.88 Å². The lowest BCUT2D eigenvalue weighted by molar-refractivity contribution is -0.145. The molecule has 0 saturated heterocycles. The fourth-order valence-electron chi connectivity index (χ4n) is 1.98. The van der Waals surface area contributed by atoms with E-state index in [1.807, 2.05) is 20.8 Å². The van der Waals surface area contributed by atoms with Crippen LogP contribution in [0.3, 0.4) is 0 Å². The van der Waals surface area contributed by atoms with Crippen LogP contribution in [0, 0.1) is 12.8 Å². The van der Waals surface area contributed by atoms with Crippen molar-refractivity contribution in [3.63, 3.8) is 0 Å². The van der Waals surface area contributed by atoms with Crippen molar-refractivity contribution in [1.29, 1.82) is 0 Å². The zero-order chi connectivity index (χ0) is 16.0. The Morgan fingerprint density at radius 2 is 2.10 bits per heavy atom. The molecule has 0 aromatic carbocycles. The Bertz CT molecular complexity index is 547. The number of aromatic nitrogens is 1. The van der Waals surface area contributed by atoms with E-state index in [9.17, 15) is 14.4 Å². The van der Waals surface area contributed by atoms with Crippen LogP contribution >= 0.6 is 11.3 Å². The smallest absolute Gasteiger partial charge is 0.328 e. The van der Waals surface area contributed by atoms with Crippen LogP contribution in [0.4, 0.5) is 0 Å². The number of carbonyl (C=O) groups is 2. The number of hydrogen-bond acceptors (Lipinski definition) is 5. The van der Waals surface area contributed by atoms with Crippen LogP contribution in [0.2, 0.25) is 0 Å². The van der Waals surface area contributed by atoms with Crippen LogP contribution in [0.15, 0.2) is 10.2 Å². The number of thiazole rings is 1. The highest BCUT2D eigenvalue weighted by Crippen LogP contribution is 2.07. The van der Waals surface area contributed by atoms with Crippen LogP contribution in [0.1, 0.15) is 32.4 Å². The molecule has 0 aliphatic rings. The van der Waals surface area contributed by atoms with E-state index in [1.165, 1.54) is 7.11 Å². The molecule has 1 amide bonds. The number of carbonyl (C=O) groups excluding carboxylic acids is 2. The molecule has 0 spiro atoms. The first-order valence-electron chi connectivity index (χ1n) is 6.87. The third kappa shape index (κ3) is 5.34. The van der Waals surface area contributed by atoms with Gasteiger partial charge in [-0.25, -0.2) is 4.79 Å². The second-order valence-corrected chi connectivity index (χ2v) is 6.14. The lowest BCUT2D eigenvalue weighted by Gasteiger charge is -2.18. The predicted molar refractivity (Wildman–Crippen MR) is 81.3 cm³/mol. The first-order chi connectivity index (χ1) is 9.85. The van der Waals surface area contributed by atoms with Crippen LogP contribution in [0.5, 0.6) is 0 Å². The van der Waals surface area contributed by atoms with Gasteiger partial charge in [0, 0.05) is 24.0 Å². The maximum atomic E-state index is 11.9. The van der Waals surface area contributed by atoms with Crippen molar-refractivity contribution in [2.45, 2.75) is 46.2 Å². The summed E-state index contributed by atoms with van der Waals surface area (Å²) in [5.74, 6) is -0.444. The third-order valence-corrected chi connectivity index (χ3v) is 3.95. The van der Waals surface area contributed by atoms with E-state index in [1.54, 1.807) is 9.95 Å². The Labute approximate surface area is 128 Å². The lowest BCUT2D eigenvalue weighted by atomic mass is 10.0. The van der Waals surface area contributed by atoms with Gasteiger partial charge in [-0.15, -0.1) is 0 Å². The molecule has 0 aliphatic carbocycles. The molecular formula is C14H22N2O4S. The van der Waals surface area contributed by atoms with Crippen molar-refractivity contribution in [2.75, 3.05) is 7.11 Å². The normalized spacial score (nSPS) is 12.2. The zero-order valence-corrected chi connectivity index (χ0v) is 13.7. The molecule has 21 heavy (non-hydrogen) atoms. The molecule has 1 aromatic heterocycles. The number of methoxy groups -OCH3 is 1. The molecule has 0 unspecified atom stereocenters. The molecule has 0 radical (unpaired) electrons. The van der Waals surface area contributed by atoms with E-state index < -0.39 is 12.0 Å². The number of ether oxygens (including phenoxy) is 1. The quantitative estimate of drug-likeness (QED) is 0.770. The SMILES string of the molecule is COC(=O)[C@@H](CC(C)C)NC(=O)CCn1c(C)csc1=O. The largest absolute Gasteiger partial charge is 0.467 e. The Balaban J connectivity index is 2.58. The van der Waals surface area contributed by atoms with Gasteiger partial charge >= 0.3 is 10.8 Å². The molecule has 0 aliphatic heterocycles. The molecule has 6 nitrogen and oxygen atoms in total. The Morgan fingerprint density at radius 1 is 1.43 bits per heavy atom. The molecule has 1 aromatic rings. The number of hydrogen-bond donors (Lipinski definition) is 1. The van der Waals surface area contributed by atoms with Crippen molar-refractivity contribution in [2.24, 2.45) is 5.92 Å². The van der Waals surface area contributed by atoms with Gasteiger partial charge in [0.25, 0.3) is 0 Å². The molecule has 1 N–H and O–H groups in total. The minimum absolute atomic E-state index is 0.0769. The van der Waals surface area contributed by atoms with Gasteiger partial charge in [0.05, 0.1) is 7.11 Å². The summed E-state index contributed by atoms with van der Waals surface area (Å²) in [5.41, 5.74) is 0.837. The predicted octanol–water partition coefficient (Wildman–Crippen LogP) is 1.31. The molecule has 0 bridgehead atoms. The van der Waals surface area contributed by atoms with E-state index in [0.717, 1.165) is 17.0 Å². The van der Waals surface area contributed by atoms with E-state index in [4.69, 9.17) is 4.74 Å². The molecular weight excluding hydrogens is 292 g/mol. The standard InChI is InChI=1S/C14H22N2O4S/c1-9(2)7-11(13(18)20-4)15-12(17)5-6-16-10(3)8-21-14(16)19/h8-9,11H,5-7H2,1-4H3,(H,15,17)/t11-/m1/s1. The Morgan fingerprint density at radius 3 is 2.57 bits per heavy atom. The van der Waals surface area contributed by atoms with Gasteiger partial charge in [0.15, 0.2) is 0 Å². The molecule has 0 fully saturated rings. The minimum atomic E-state index is -0.636. The number of esters is 1. The van der Waals surface area contributed by atoms with Crippen molar-refractivity contribution < 1.29 is 14.3 Å². The summed E-state index contributed by atoms with van der Waals surface area (Å²) in [6.07, 6.45) is 0.679. The fourth-order valence-corrected chi connectivity index (χ4v) is 2.74. The van der Waals surface area contributed by atoms with Crippen molar-refractivity contribution >= 4 is 23.2 Å². The highest BCUT2D eigenvalue weighted by molar-refractivity contribution is 7.07. The maximum Gasteiger partial charge on any atom is 0.328 e. The molecule has 0 saturated carbocycles. The molecule has 7 heteroatoms. The van der Waals surface area contributed by atoms with Crippen molar-refractivity contribution in [3.05, 3.63) is 20.7 Å². The van der Waals surface area contributed by atoms with E-state index >= 15 is 0 Å². The van der Waals surface area contributed by atoms with Crippen molar-refractivity contribution in [3.8, 4) is 0 Å². The van der Waals surface area contributed by atoms with Gasteiger partial charge < -0.3 is 14.6 Å². The highest BCUT2D eigenvalue weighted by Gasteiger charge is 2.22. The third-order valence-electron chi connectivity index (χ3n) is 3.07. The molecule has 1 rings (SSSR count). The van der Waals surface area contributed by atoms with Gasteiger partial charge in [-0.2, -0.15) is 0 Å². The van der Waals surface area contributed by atoms with Crippen LogP contribution in [-0.2, 0) is 20.9 Å². The Kier molecular flexibility index (Phi) is 6.61. The van der Waals surface area contributed by atoms with Crippen LogP contribution < -0.4 is 10.2 Å². The number of amides is 1. The van der Waals surface area contributed by atoms with Gasteiger partial charge in [0.2, 0.25) is 5.91 Å².